The number of carboxylic acids is 1. The highest BCUT2D eigenvalue weighted by Gasteiger charge is 2.28. The predicted octanol–water partition coefficient (Wildman–Crippen LogP) is 2.36. The number of nitrogens with zero attached hydrogens (tertiary/aromatic N) is 3. The van der Waals surface area contributed by atoms with Crippen LogP contribution in [0.3, 0.4) is 0 Å². The molecule has 0 aromatic carbocycles. The van der Waals surface area contributed by atoms with Crippen molar-refractivity contribution in [3.63, 3.8) is 0 Å². The van der Waals surface area contributed by atoms with E-state index < -0.39 is 17.2 Å². The fourth-order valence-corrected chi connectivity index (χ4v) is 2.68. The minimum Gasteiger partial charge on any atom is -0.477 e. The monoisotopic (exact) mass is 313 g/mol. The first-order valence-corrected chi connectivity index (χ1v) is 7.18. The summed E-state index contributed by atoms with van der Waals surface area (Å²) in [7, 11) is 0. The minimum atomic E-state index is -1.32. The van der Waals surface area contributed by atoms with Crippen LogP contribution in [0.25, 0.3) is 16.9 Å². The van der Waals surface area contributed by atoms with E-state index in [9.17, 15) is 19.1 Å². The molecule has 4 rings (SSSR count). The van der Waals surface area contributed by atoms with Gasteiger partial charge in [0.15, 0.2) is 11.6 Å². The molecule has 1 aliphatic carbocycles. The van der Waals surface area contributed by atoms with Crippen LogP contribution < -0.4 is 5.43 Å². The smallest absolute Gasteiger partial charge is 0.341 e. The van der Waals surface area contributed by atoms with Gasteiger partial charge >= 0.3 is 5.97 Å². The number of rotatable bonds is 3. The summed E-state index contributed by atoms with van der Waals surface area (Å²) in [6.45, 7) is 0. The highest BCUT2D eigenvalue weighted by atomic mass is 19.1. The van der Waals surface area contributed by atoms with Crippen LogP contribution in [0.4, 0.5) is 4.39 Å². The molecule has 1 aliphatic rings. The van der Waals surface area contributed by atoms with Gasteiger partial charge in [-0.15, -0.1) is 0 Å². The molecule has 23 heavy (non-hydrogen) atoms. The van der Waals surface area contributed by atoms with Crippen molar-refractivity contribution in [2.75, 3.05) is 0 Å². The lowest BCUT2D eigenvalue weighted by Crippen LogP contribution is -2.20. The predicted molar refractivity (Wildman–Crippen MR) is 80.5 cm³/mol. The molecule has 0 saturated heterocycles. The van der Waals surface area contributed by atoms with Gasteiger partial charge in [0.05, 0.1) is 5.39 Å². The molecule has 1 N–H and O–H groups in total. The maximum absolute atomic E-state index is 14.4. The van der Waals surface area contributed by atoms with Crippen LogP contribution in [0.5, 0.6) is 0 Å². The van der Waals surface area contributed by atoms with Gasteiger partial charge in [0.25, 0.3) is 0 Å². The fourth-order valence-electron chi connectivity index (χ4n) is 2.68. The molecular formula is C16H12FN3O3. The maximum Gasteiger partial charge on any atom is 0.341 e. The molecule has 116 valence electrons. The van der Waals surface area contributed by atoms with Crippen LogP contribution >= 0.6 is 0 Å². The second kappa shape index (κ2) is 4.77. The Morgan fingerprint density at radius 3 is 2.61 bits per heavy atom. The molecule has 3 heterocycles. The third-order valence-electron chi connectivity index (χ3n) is 3.96. The molecule has 6 nitrogen and oxygen atoms in total. The molecule has 1 fully saturated rings. The van der Waals surface area contributed by atoms with E-state index in [0.717, 1.165) is 18.9 Å². The average Bonchev–Trinajstić information content (AvgIpc) is 3.21. The minimum absolute atomic E-state index is 0.00907. The van der Waals surface area contributed by atoms with Crippen molar-refractivity contribution >= 4 is 17.0 Å². The summed E-state index contributed by atoms with van der Waals surface area (Å²) in [6.07, 6.45) is 6.39. The molecule has 0 radical (unpaired) electrons. The van der Waals surface area contributed by atoms with Crippen molar-refractivity contribution in [1.29, 1.82) is 0 Å². The van der Waals surface area contributed by atoms with E-state index in [2.05, 4.69) is 4.98 Å². The van der Waals surface area contributed by atoms with Gasteiger partial charge in [-0.1, -0.05) is 0 Å². The van der Waals surface area contributed by atoms with Gasteiger partial charge in [0.1, 0.15) is 11.2 Å². The third-order valence-corrected chi connectivity index (χ3v) is 3.96. The second-order valence-corrected chi connectivity index (χ2v) is 5.57. The average molecular weight is 313 g/mol. The molecule has 0 unspecified atom stereocenters. The van der Waals surface area contributed by atoms with E-state index in [1.807, 2.05) is 0 Å². The lowest BCUT2D eigenvalue weighted by molar-refractivity contribution is 0.0695. The Balaban J connectivity index is 2.08. The number of carbonyl (C=O) groups is 1. The number of hydrogen-bond donors (Lipinski definition) is 1. The van der Waals surface area contributed by atoms with E-state index in [4.69, 9.17) is 0 Å². The van der Waals surface area contributed by atoms with Crippen molar-refractivity contribution in [2.24, 2.45) is 0 Å². The van der Waals surface area contributed by atoms with Crippen LogP contribution in [0.15, 0.2) is 41.6 Å². The molecule has 0 amide bonds. The Hall–Kier alpha value is -2.96. The topological polar surface area (TPSA) is 77.1 Å². The SMILES string of the molecule is O=C(O)c1cn(C2CC2)c2nc(-n3cccc3)c(F)cc2c1=O. The van der Waals surface area contributed by atoms with E-state index in [-0.39, 0.29) is 22.8 Å². The van der Waals surface area contributed by atoms with Gasteiger partial charge < -0.3 is 14.2 Å². The van der Waals surface area contributed by atoms with E-state index in [1.54, 1.807) is 29.1 Å². The largest absolute Gasteiger partial charge is 0.477 e. The lowest BCUT2D eigenvalue weighted by atomic mass is 10.2. The van der Waals surface area contributed by atoms with E-state index in [1.165, 1.54) is 10.8 Å². The molecule has 0 atom stereocenters. The van der Waals surface area contributed by atoms with Crippen molar-refractivity contribution in [3.8, 4) is 5.82 Å². The van der Waals surface area contributed by atoms with Gasteiger partial charge in [-0.05, 0) is 31.0 Å². The number of halogens is 1. The number of aromatic nitrogens is 3. The normalized spacial score (nSPS) is 14.3. The van der Waals surface area contributed by atoms with Crippen molar-refractivity contribution in [1.82, 2.24) is 14.1 Å². The number of pyridine rings is 2. The highest BCUT2D eigenvalue weighted by Crippen LogP contribution is 2.36. The first kappa shape index (κ1) is 13.7. The summed E-state index contributed by atoms with van der Waals surface area (Å²) >= 11 is 0. The van der Waals surface area contributed by atoms with Gasteiger partial charge in [-0.3, -0.25) is 4.79 Å². The summed E-state index contributed by atoms with van der Waals surface area (Å²) < 4.78 is 17.6. The first-order valence-electron chi connectivity index (χ1n) is 7.18. The number of fused-ring (bicyclic) bond motifs is 1. The third kappa shape index (κ3) is 2.12. The Bertz CT molecular complexity index is 988. The summed E-state index contributed by atoms with van der Waals surface area (Å²) in [6, 6.07) is 4.66. The highest BCUT2D eigenvalue weighted by molar-refractivity contribution is 5.92. The van der Waals surface area contributed by atoms with Gasteiger partial charge in [0.2, 0.25) is 5.43 Å². The summed E-state index contributed by atoms with van der Waals surface area (Å²) in [5.74, 6) is -1.91. The number of aromatic carboxylic acids is 1. The summed E-state index contributed by atoms with van der Waals surface area (Å²) in [4.78, 5) is 27.9. The number of carboxylic acid groups (broad SMARTS) is 1. The van der Waals surface area contributed by atoms with Gasteiger partial charge in [-0.2, -0.15) is 0 Å². The van der Waals surface area contributed by atoms with Crippen LogP contribution in [-0.2, 0) is 0 Å². The molecular weight excluding hydrogens is 301 g/mol. The second-order valence-electron chi connectivity index (χ2n) is 5.57. The quantitative estimate of drug-likeness (QED) is 0.805. The summed E-state index contributed by atoms with van der Waals surface area (Å²) in [5, 5.41) is 9.19. The van der Waals surface area contributed by atoms with Crippen LogP contribution in [0, 0.1) is 5.82 Å². The van der Waals surface area contributed by atoms with Crippen molar-refractivity contribution in [3.05, 3.63) is 58.4 Å². The van der Waals surface area contributed by atoms with Crippen LogP contribution in [0.1, 0.15) is 29.2 Å². The Kier molecular flexibility index (Phi) is 2.84. The maximum atomic E-state index is 14.4. The Labute approximate surface area is 129 Å². The molecule has 1 saturated carbocycles. The van der Waals surface area contributed by atoms with Crippen LogP contribution in [-0.4, -0.2) is 25.2 Å². The molecule has 0 aliphatic heterocycles. The molecule has 7 heteroatoms. The lowest BCUT2D eigenvalue weighted by Gasteiger charge is -2.12. The summed E-state index contributed by atoms with van der Waals surface area (Å²) in [5.41, 5.74) is -0.762. The van der Waals surface area contributed by atoms with Crippen LogP contribution in [0.2, 0.25) is 0 Å². The first-order chi connectivity index (χ1) is 11.1. The van der Waals surface area contributed by atoms with E-state index in [0.29, 0.717) is 5.65 Å². The zero-order chi connectivity index (χ0) is 16.1. The Morgan fingerprint density at radius 1 is 1.30 bits per heavy atom. The van der Waals surface area contributed by atoms with Crippen molar-refractivity contribution in [2.45, 2.75) is 18.9 Å². The molecule has 3 aromatic rings. The fraction of sp³-hybridized carbons (Fsp3) is 0.188. The van der Waals surface area contributed by atoms with E-state index >= 15 is 0 Å². The number of hydrogen-bond acceptors (Lipinski definition) is 3. The zero-order valence-corrected chi connectivity index (χ0v) is 11.9. The molecule has 0 spiro atoms. The molecule has 3 aromatic heterocycles. The van der Waals surface area contributed by atoms with Crippen molar-refractivity contribution < 1.29 is 14.3 Å². The van der Waals surface area contributed by atoms with Gasteiger partial charge in [0, 0.05) is 24.6 Å². The standard InChI is InChI=1S/C16H12FN3O3/c17-12-7-10-13(21)11(16(22)23)8-20(9-3-4-9)14(10)18-15(12)19-5-1-2-6-19/h1-2,5-9H,3-4H2,(H,22,23). The van der Waals surface area contributed by atoms with Gasteiger partial charge in [-0.25, -0.2) is 14.2 Å². The zero-order valence-electron chi connectivity index (χ0n) is 11.9. The molecule has 0 bridgehead atoms. The Morgan fingerprint density at radius 2 is 2.00 bits per heavy atom.